The molecule has 0 aliphatic rings. The Balaban J connectivity index is 2.07. The van der Waals surface area contributed by atoms with E-state index < -0.39 is 5.97 Å². The summed E-state index contributed by atoms with van der Waals surface area (Å²) in [4.78, 5) is 12.1. The van der Waals surface area contributed by atoms with Crippen molar-refractivity contribution in [1.29, 1.82) is 0 Å². The first-order chi connectivity index (χ1) is 9.99. The van der Waals surface area contributed by atoms with Crippen LogP contribution in [-0.2, 0) is 11.3 Å². The molecule has 2 N–H and O–H groups in total. The number of carbonyl (C=O) groups is 1. The van der Waals surface area contributed by atoms with Crippen LogP contribution in [0.3, 0.4) is 0 Å². The topological polar surface area (TPSA) is 61.5 Å². The van der Waals surface area contributed by atoms with E-state index in [1.807, 2.05) is 32.0 Å². The van der Waals surface area contributed by atoms with Crippen molar-refractivity contribution in [2.24, 2.45) is 0 Å². The predicted octanol–water partition coefficient (Wildman–Crippen LogP) is 3.25. The average Bonchev–Trinajstić information content (AvgIpc) is 2.47. The van der Waals surface area contributed by atoms with Gasteiger partial charge in [-0.1, -0.05) is 18.2 Å². The number of methoxy groups -OCH3 is 1. The van der Waals surface area contributed by atoms with Crippen molar-refractivity contribution < 1.29 is 14.3 Å². The van der Waals surface area contributed by atoms with Crippen molar-refractivity contribution in [2.45, 2.75) is 20.5 Å². The molecule has 4 heteroatoms. The molecular weight excluding hydrogens is 266 g/mol. The Hall–Kier alpha value is -2.49. The SMILES string of the molecule is COc1cc(N)cc(C(=O)OCc2ccc(C)c(C)c2)c1. The number of ether oxygens (including phenoxy) is 2. The zero-order chi connectivity index (χ0) is 15.4. The van der Waals surface area contributed by atoms with Crippen LogP contribution in [-0.4, -0.2) is 13.1 Å². The average molecular weight is 285 g/mol. The van der Waals surface area contributed by atoms with Crippen LogP contribution in [0.2, 0.25) is 0 Å². The van der Waals surface area contributed by atoms with Crippen LogP contribution in [0.5, 0.6) is 5.75 Å². The minimum atomic E-state index is -0.418. The molecule has 0 aliphatic carbocycles. The molecule has 0 atom stereocenters. The first-order valence-electron chi connectivity index (χ1n) is 6.67. The zero-order valence-electron chi connectivity index (χ0n) is 12.5. The molecule has 0 aromatic heterocycles. The van der Waals surface area contributed by atoms with E-state index >= 15 is 0 Å². The monoisotopic (exact) mass is 285 g/mol. The molecule has 21 heavy (non-hydrogen) atoms. The van der Waals surface area contributed by atoms with Crippen LogP contribution >= 0.6 is 0 Å². The first-order valence-corrected chi connectivity index (χ1v) is 6.67. The third kappa shape index (κ3) is 3.75. The summed E-state index contributed by atoms with van der Waals surface area (Å²) in [5.41, 5.74) is 9.93. The Morgan fingerprint density at radius 3 is 2.52 bits per heavy atom. The predicted molar refractivity (Wildman–Crippen MR) is 82.4 cm³/mol. The second-order valence-electron chi connectivity index (χ2n) is 4.99. The number of carbonyl (C=O) groups excluding carboxylic acids is 1. The number of hydrogen-bond donors (Lipinski definition) is 1. The molecular formula is C17H19NO3. The molecule has 0 amide bonds. The number of benzene rings is 2. The Morgan fingerprint density at radius 2 is 1.86 bits per heavy atom. The summed E-state index contributed by atoms with van der Waals surface area (Å²) < 4.78 is 10.4. The Labute approximate surface area is 124 Å². The van der Waals surface area contributed by atoms with Crippen molar-refractivity contribution in [3.8, 4) is 5.75 Å². The number of hydrogen-bond acceptors (Lipinski definition) is 4. The summed E-state index contributed by atoms with van der Waals surface area (Å²) in [6.07, 6.45) is 0. The van der Waals surface area contributed by atoms with Crippen molar-refractivity contribution >= 4 is 11.7 Å². The van der Waals surface area contributed by atoms with Gasteiger partial charge in [0.15, 0.2) is 0 Å². The van der Waals surface area contributed by atoms with Crippen LogP contribution < -0.4 is 10.5 Å². The van der Waals surface area contributed by atoms with Crippen LogP contribution in [0, 0.1) is 13.8 Å². The van der Waals surface area contributed by atoms with Crippen LogP contribution in [0.25, 0.3) is 0 Å². The fourth-order valence-corrected chi connectivity index (χ4v) is 1.98. The maximum atomic E-state index is 12.1. The van der Waals surface area contributed by atoms with Gasteiger partial charge in [0.2, 0.25) is 0 Å². The van der Waals surface area contributed by atoms with E-state index in [1.165, 1.54) is 18.2 Å². The number of nitrogen functional groups attached to an aromatic ring is 1. The lowest BCUT2D eigenvalue weighted by Crippen LogP contribution is -2.06. The second-order valence-corrected chi connectivity index (χ2v) is 4.99. The highest BCUT2D eigenvalue weighted by atomic mass is 16.5. The van der Waals surface area contributed by atoms with Crippen LogP contribution in [0.1, 0.15) is 27.0 Å². The fourth-order valence-electron chi connectivity index (χ4n) is 1.98. The molecule has 0 fully saturated rings. The van der Waals surface area contributed by atoms with Gasteiger partial charge in [-0.2, -0.15) is 0 Å². The molecule has 110 valence electrons. The summed E-state index contributed by atoms with van der Waals surface area (Å²) in [7, 11) is 1.53. The fraction of sp³-hybridized carbons (Fsp3) is 0.235. The molecule has 0 saturated heterocycles. The number of nitrogens with two attached hydrogens (primary N) is 1. The van der Waals surface area contributed by atoms with Crippen molar-refractivity contribution in [2.75, 3.05) is 12.8 Å². The van der Waals surface area contributed by atoms with Gasteiger partial charge in [0.25, 0.3) is 0 Å². The molecule has 0 bridgehead atoms. The van der Waals surface area contributed by atoms with E-state index in [0.29, 0.717) is 17.0 Å². The minimum Gasteiger partial charge on any atom is -0.497 e. The van der Waals surface area contributed by atoms with E-state index in [9.17, 15) is 4.79 Å². The van der Waals surface area contributed by atoms with Gasteiger partial charge in [0.05, 0.1) is 12.7 Å². The van der Waals surface area contributed by atoms with Crippen LogP contribution in [0.15, 0.2) is 36.4 Å². The summed E-state index contributed by atoms with van der Waals surface area (Å²) in [6.45, 7) is 4.31. The molecule has 0 aliphatic heterocycles. The molecule has 0 heterocycles. The van der Waals surface area contributed by atoms with Gasteiger partial charge in [-0.25, -0.2) is 4.79 Å². The molecule has 2 rings (SSSR count). The summed E-state index contributed by atoms with van der Waals surface area (Å²) in [5.74, 6) is 0.118. The second kappa shape index (κ2) is 6.31. The summed E-state index contributed by atoms with van der Waals surface area (Å²) in [6, 6.07) is 10.8. The Bertz CT molecular complexity index is 665. The maximum absolute atomic E-state index is 12.1. The Morgan fingerprint density at radius 1 is 1.10 bits per heavy atom. The number of aryl methyl sites for hydroxylation is 2. The lowest BCUT2D eigenvalue weighted by Gasteiger charge is -2.09. The standard InChI is InChI=1S/C17H19NO3/c1-11-4-5-13(6-12(11)2)10-21-17(19)14-7-15(18)9-16(8-14)20-3/h4-9H,10,18H2,1-3H3. The molecule has 2 aromatic carbocycles. The zero-order valence-corrected chi connectivity index (χ0v) is 12.5. The smallest absolute Gasteiger partial charge is 0.338 e. The van der Waals surface area contributed by atoms with Gasteiger partial charge >= 0.3 is 5.97 Å². The van der Waals surface area contributed by atoms with Gasteiger partial charge in [0.1, 0.15) is 12.4 Å². The number of esters is 1. The third-order valence-corrected chi connectivity index (χ3v) is 3.34. The number of anilines is 1. The normalized spacial score (nSPS) is 10.2. The molecule has 2 aromatic rings. The van der Waals surface area contributed by atoms with Crippen molar-refractivity contribution in [3.63, 3.8) is 0 Å². The highest BCUT2D eigenvalue weighted by Gasteiger charge is 2.10. The largest absolute Gasteiger partial charge is 0.497 e. The quantitative estimate of drug-likeness (QED) is 0.692. The summed E-state index contributed by atoms with van der Waals surface area (Å²) in [5, 5.41) is 0. The van der Waals surface area contributed by atoms with E-state index in [4.69, 9.17) is 15.2 Å². The molecule has 0 unspecified atom stereocenters. The van der Waals surface area contributed by atoms with Gasteiger partial charge < -0.3 is 15.2 Å². The van der Waals surface area contributed by atoms with Crippen molar-refractivity contribution in [1.82, 2.24) is 0 Å². The molecule has 0 saturated carbocycles. The lowest BCUT2D eigenvalue weighted by atomic mass is 10.1. The van der Waals surface area contributed by atoms with E-state index in [-0.39, 0.29) is 6.61 Å². The highest BCUT2D eigenvalue weighted by molar-refractivity contribution is 5.91. The molecule has 0 spiro atoms. The summed E-state index contributed by atoms with van der Waals surface area (Å²) >= 11 is 0. The van der Waals surface area contributed by atoms with E-state index in [1.54, 1.807) is 18.2 Å². The van der Waals surface area contributed by atoms with Gasteiger partial charge in [0, 0.05) is 11.8 Å². The number of rotatable bonds is 4. The van der Waals surface area contributed by atoms with Gasteiger partial charge in [-0.15, -0.1) is 0 Å². The Kier molecular flexibility index (Phi) is 4.48. The lowest BCUT2D eigenvalue weighted by molar-refractivity contribution is 0.0472. The molecule has 0 radical (unpaired) electrons. The minimum absolute atomic E-state index is 0.233. The van der Waals surface area contributed by atoms with Crippen molar-refractivity contribution in [3.05, 3.63) is 58.7 Å². The van der Waals surface area contributed by atoms with Gasteiger partial charge in [-0.05, 0) is 42.7 Å². The van der Waals surface area contributed by atoms with E-state index in [0.717, 1.165) is 5.56 Å². The maximum Gasteiger partial charge on any atom is 0.338 e. The third-order valence-electron chi connectivity index (χ3n) is 3.34. The first kappa shape index (κ1) is 14.9. The van der Waals surface area contributed by atoms with E-state index in [2.05, 4.69) is 0 Å². The van der Waals surface area contributed by atoms with Gasteiger partial charge in [-0.3, -0.25) is 0 Å². The highest BCUT2D eigenvalue weighted by Crippen LogP contribution is 2.19. The molecule has 4 nitrogen and oxygen atoms in total. The van der Waals surface area contributed by atoms with Crippen LogP contribution in [0.4, 0.5) is 5.69 Å².